The van der Waals surface area contributed by atoms with E-state index in [9.17, 15) is 26.4 Å². The molecule has 0 saturated carbocycles. The van der Waals surface area contributed by atoms with Gasteiger partial charge in [-0.2, -0.15) is 13.2 Å². The summed E-state index contributed by atoms with van der Waals surface area (Å²) < 4.78 is 81.2. The minimum absolute atomic E-state index is 0.0126. The molecule has 1 aliphatic heterocycles. The summed E-state index contributed by atoms with van der Waals surface area (Å²) in [4.78, 5) is 15.2. The largest absolute Gasteiger partial charge is 0.494 e. The highest BCUT2D eigenvalue weighted by molar-refractivity contribution is 7.90. The third-order valence-electron chi connectivity index (χ3n) is 6.68. The number of carboxylic acids is 1. The van der Waals surface area contributed by atoms with E-state index < -0.39 is 34.2 Å². The van der Waals surface area contributed by atoms with Gasteiger partial charge in [0, 0.05) is 35.6 Å². The highest BCUT2D eigenvalue weighted by atomic mass is 32.2. The molecule has 1 N–H and O–H groups in total. The van der Waals surface area contributed by atoms with Crippen LogP contribution in [0.5, 0.6) is 17.4 Å². The maximum absolute atomic E-state index is 13.9. The van der Waals surface area contributed by atoms with Crippen molar-refractivity contribution in [2.24, 2.45) is 0 Å². The van der Waals surface area contributed by atoms with Crippen molar-refractivity contribution in [3.8, 4) is 28.5 Å². The number of pyridine rings is 1. The Morgan fingerprint density at radius 2 is 1.83 bits per heavy atom. The first-order valence-corrected chi connectivity index (χ1v) is 14.9. The molecule has 1 atom stereocenters. The molecule has 0 radical (unpaired) electrons. The number of halogens is 3. The van der Waals surface area contributed by atoms with E-state index >= 15 is 0 Å². The van der Waals surface area contributed by atoms with Gasteiger partial charge in [-0.15, -0.1) is 0 Å². The number of aryl methyl sites for hydroxylation is 2. The molecule has 1 aliphatic rings. The molecule has 12 heteroatoms. The topological polar surface area (TPSA) is 112 Å². The Balaban J connectivity index is 1.55. The van der Waals surface area contributed by atoms with Gasteiger partial charge in [-0.1, -0.05) is 6.07 Å². The van der Waals surface area contributed by atoms with Crippen molar-refractivity contribution < 1.29 is 45.7 Å². The molecule has 0 aliphatic carbocycles. The number of hydrogen-bond acceptors (Lipinski definition) is 7. The Hall–Kier alpha value is -3.80. The average molecular weight is 594 g/mol. The van der Waals surface area contributed by atoms with Gasteiger partial charge >= 0.3 is 12.1 Å². The molecule has 41 heavy (non-hydrogen) atoms. The molecule has 220 valence electrons. The van der Waals surface area contributed by atoms with Crippen LogP contribution in [0.4, 0.5) is 13.2 Å². The summed E-state index contributed by atoms with van der Waals surface area (Å²) in [6.07, 6.45) is -1.79. The molecule has 0 spiro atoms. The van der Waals surface area contributed by atoms with Crippen LogP contribution in [0, 0.1) is 13.8 Å². The molecule has 0 bridgehead atoms. The van der Waals surface area contributed by atoms with Crippen molar-refractivity contribution in [1.82, 2.24) is 4.98 Å². The lowest BCUT2D eigenvalue weighted by molar-refractivity contribution is -0.139. The number of ether oxygens (including phenoxy) is 3. The van der Waals surface area contributed by atoms with Crippen LogP contribution in [-0.4, -0.2) is 49.7 Å². The van der Waals surface area contributed by atoms with Crippen LogP contribution >= 0.6 is 0 Å². The zero-order chi connectivity index (χ0) is 29.9. The van der Waals surface area contributed by atoms with Crippen LogP contribution < -0.4 is 14.2 Å². The van der Waals surface area contributed by atoms with E-state index in [0.717, 1.165) is 29.0 Å². The zero-order valence-corrected chi connectivity index (χ0v) is 23.6. The number of nitrogens with zero attached hydrogens (tertiary/aromatic N) is 1. The SMILES string of the molecule is Cc1cc(OCCCS(C)(=O)=O)cc(C)c1-c1ccc(C(F)(F)F)c(COc2cc3c(cn2)[C@H](CC(=O)O)CO3)c1. The smallest absolute Gasteiger partial charge is 0.416 e. The van der Waals surface area contributed by atoms with Crippen LogP contribution in [0.15, 0.2) is 42.6 Å². The second-order valence-corrected chi connectivity index (χ2v) is 12.3. The maximum Gasteiger partial charge on any atom is 0.416 e. The lowest BCUT2D eigenvalue weighted by atomic mass is 9.92. The Labute approximate surface area is 236 Å². The van der Waals surface area contributed by atoms with Crippen LogP contribution in [0.1, 0.15) is 46.6 Å². The molecular weight excluding hydrogens is 563 g/mol. The van der Waals surface area contributed by atoms with E-state index in [-0.39, 0.29) is 42.7 Å². The maximum atomic E-state index is 13.9. The molecule has 0 amide bonds. The molecule has 2 heterocycles. The van der Waals surface area contributed by atoms with Crippen molar-refractivity contribution in [2.75, 3.05) is 25.2 Å². The van der Waals surface area contributed by atoms with Crippen LogP contribution in [0.25, 0.3) is 11.1 Å². The van der Waals surface area contributed by atoms with Crippen LogP contribution in [0.3, 0.4) is 0 Å². The minimum atomic E-state index is -4.61. The van der Waals surface area contributed by atoms with Gasteiger partial charge in [0.2, 0.25) is 5.88 Å². The number of carbonyl (C=O) groups is 1. The second kappa shape index (κ2) is 12.0. The van der Waals surface area contributed by atoms with Gasteiger partial charge < -0.3 is 19.3 Å². The van der Waals surface area contributed by atoms with Crippen molar-refractivity contribution in [3.05, 3.63) is 70.4 Å². The Morgan fingerprint density at radius 3 is 2.46 bits per heavy atom. The number of fused-ring (bicyclic) bond motifs is 1. The monoisotopic (exact) mass is 593 g/mol. The van der Waals surface area contributed by atoms with Crippen LogP contribution in [-0.2, 0) is 27.4 Å². The third kappa shape index (κ3) is 7.69. The fourth-order valence-corrected chi connectivity index (χ4v) is 5.51. The summed E-state index contributed by atoms with van der Waals surface area (Å²) in [6, 6.07) is 8.87. The quantitative estimate of drug-likeness (QED) is 0.281. The Kier molecular flexibility index (Phi) is 8.81. The molecule has 4 rings (SSSR count). The molecule has 3 aromatic rings. The molecule has 8 nitrogen and oxygen atoms in total. The normalized spacial score (nSPS) is 14.8. The number of aliphatic carboxylic acids is 1. The first-order chi connectivity index (χ1) is 19.2. The van der Waals surface area contributed by atoms with E-state index in [1.807, 2.05) is 13.8 Å². The van der Waals surface area contributed by atoms with Gasteiger partial charge in [0.05, 0.1) is 31.0 Å². The standard InChI is InChI=1S/C29H30F3NO7S/c1-17-9-22(38-7-4-8-41(3,36)37)10-18(2)28(17)19-5-6-24(29(30,31)32)21(11-19)16-40-26-13-25-23(14-33-26)20(15-39-25)12-27(34)35/h5-6,9-11,13-14,20H,4,7-8,12,15-16H2,1-3H3,(H,34,35)/t20-/m1/s1. The van der Waals surface area contributed by atoms with Crippen molar-refractivity contribution in [3.63, 3.8) is 0 Å². The molecule has 0 fully saturated rings. The fourth-order valence-electron chi connectivity index (χ4n) is 4.87. The number of sulfone groups is 1. The Morgan fingerprint density at radius 1 is 1.12 bits per heavy atom. The van der Waals surface area contributed by atoms with E-state index in [1.54, 1.807) is 12.1 Å². The van der Waals surface area contributed by atoms with E-state index in [4.69, 9.17) is 19.3 Å². The summed E-state index contributed by atoms with van der Waals surface area (Å²) in [7, 11) is -3.09. The summed E-state index contributed by atoms with van der Waals surface area (Å²) >= 11 is 0. The Bertz CT molecular complexity index is 1530. The second-order valence-electron chi connectivity index (χ2n) is 10.1. The highest BCUT2D eigenvalue weighted by Crippen LogP contribution is 2.39. The van der Waals surface area contributed by atoms with Crippen LogP contribution in [0.2, 0.25) is 0 Å². The number of aromatic nitrogens is 1. The van der Waals surface area contributed by atoms with Gasteiger partial charge in [0.15, 0.2) is 0 Å². The van der Waals surface area contributed by atoms with Crippen molar-refractivity contribution in [2.45, 2.75) is 45.4 Å². The third-order valence-corrected chi connectivity index (χ3v) is 7.71. The lowest BCUT2D eigenvalue weighted by Gasteiger charge is -2.18. The van der Waals surface area contributed by atoms with E-state index in [2.05, 4.69) is 4.98 Å². The number of benzene rings is 2. The molecule has 0 saturated heterocycles. The number of carboxylic acid groups (broad SMARTS) is 1. The first kappa shape index (κ1) is 30.2. The van der Waals surface area contributed by atoms with Crippen molar-refractivity contribution in [1.29, 1.82) is 0 Å². The van der Waals surface area contributed by atoms with E-state index in [1.165, 1.54) is 24.4 Å². The molecule has 0 unspecified atom stereocenters. The molecular formula is C29H30F3NO7S. The summed E-state index contributed by atoms with van der Waals surface area (Å²) in [6.45, 7) is 3.63. The fraction of sp³-hybridized carbons (Fsp3) is 0.379. The summed E-state index contributed by atoms with van der Waals surface area (Å²) in [5.41, 5.74) is 2.58. The van der Waals surface area contributed by atoms with Gasteiger partial charge in [-0.05, 0) is 66.8 Å². The minimum Gasteiger partial charge on any atom is -0.494 e. The zero-order valence-electron chi connectivity index (χ0n) is 22.7. The lowest BCUT2D eigenvalue weighted by Crippen LogP contribution is -2.11. The highest BCUT2D eigenvalue weighted by Gasteiger charge is 2.34. The molecule has 2 aromatic carbocycles. The predicted octanol–water partition coefficient (Wildman–Crippen LogP) is 5.73. The number of rotatable bonds is 11. The van der Waals surface area contributed by atoms with Gasteiger partial charge in [0.25, 0.3) is 0 Å². The summed E-state index contributed by atoms with van der Waals surface area (Å²) in [5.74, 6) is -0.308. The van der Waals surface area contributed by atoms with Gasteiger partial charge in [0.1, 0.15) is 27.9 Å². The van der Waals surface area contributed by atoms with Crippen molar-refractivity contribution >= 4 is 15.8 Å². The first-order valence-electron chi connectivity index (χ1n) is 12.8. The average Bonchev–Trinajstić information content (AvgIpc) is 3.25. The molecule has 1 aromatic heterocycles. The van der Waals surface area contributed by atoms with Gasteiger partial charge in [-0.3, -0.25) is 4.79 Å². The predicted molar refractivity (Wildman–Crippen MR) is 145 cm³/mol. The van der Waals surface area contributed by atoms with Gasteiger partial charge in [-0.25, -0.2) is 13.4 Å². The number of hydrogen-bond donors (Lipinski definition) is 1. The summed E-state index contributed by atoms with van der Waals surface area (Å²) in [5, 5.41) is 9.06. The number of alkyl halides is 3. The van der Waals surface area contributed by atoms with E-state index in [0.29, 0.717) is 29.0 Å².